The van der Waals surface area contributed by atoms with Crippen LogP contribution in [-0.4, -0.2) is 44.0 Å². The van der Waals surface area contributed by atoms with Gasteiger partial charge < -0.3 is 15.1 Å². The Hall–Kier alpha value is -2.30. The second kappa shape index (κ2) is 8.19. The number of nitrogens with one attached hydrogen (secondary N) is 1. The standard InChI is InChI=1S/C20H22ClN3O/c1-23-12-14-24(15-13-23)19-5-3-2-4-18(19)22-20(25)11-8-16-6-9-17(21)10-7-16/h2-11H,12-15H2,1H3,(H,22,25). The Labute approximate surface area is 153 Å². The molecule has 1 saturated heterocycles. The number of halogens is 1. The predicted molar refractivity (Wildman–Crippen MR) is 105 cm³/mol. The molecular formula is C20H22ClN3O. The summed E-state index contributed by atoms with van der Waals surface area (Å²) in [6.07, 6.45) is 3.33. The van der Waals surface area contributed by atoms with Gasteiger partial charge in [0.2, 0.25) is 5.91 Å². The van der Waals surface area contributed by atoms with Crippen LogP contribution in [0.4, 0.5) is 11.4 Å². The maximum absolute atomic E-state index is 12.3. The lowest BCUT2D eigenvalue weighted by atomic mass is 10.2. The Morgan fingerprint density at radius 1 is 1.04 bits per heavy atom. The lowest BCUT2D eigenvalue weighted by Gasteiger charge is -2.35. The summed E-state index contributed by atoms with van der Waals surface area (Å²) < 4.78 is 0. The van der Waals surface area contributed by atoms with Gasteiger partial charge in [-0.25, -0.2) is 0 Å². The molecule has 4 nitrogen and oxygen atoms in total. The summed E-state index contributed by atoms with van der Waals surface area (Å²) in [6.45, 7) is 3.98. The number of anilines is 2. The SMILES string of the molecule is CN1CCN(c2ccccc2NC(=O)C=Cc2ccc(Cl)cc2)CC1. The summed E-state index contributed by atoms with van der Waals surface area (Å²) in [7, 11) is 2.13. The van der Waals surface area contributed by atoms with Gasteiger partial charge in [0.15, 0.2) is 0 Å². The van der Waals surface area contributed by atoms with Gasteiger partial charge in [0.1, 0.15) is 0 Å². The first kappa shape index (κ1) is 17.5. The summed E-state index contributed by atoms with van der Waals surface area (Å²) >= 11 is 5.87. The Kier molecular flexibility index (Phi) is 5.74. The van der Waals surface area contributed by atoms with Crippen LogP contribution in [0.1, 0.15) is 5.56 Å². The van der Waals surface area contributed by atoms with E-state index in [-0.39, 0.29) is 5.91 Å². The van der Waals surface area contributed by atoms with Crippen LogP contribution in [0.25, 0.3) is 6.08 Å². The molecule has 0 unspecified atom stereocenters. The number of para-hydroxylation sites is 2. The minimum atomic E-state index is -0.142. The first-order valence-corrected chi connectivity index (χ1v) is 8.77. The van der Waals surface area contributed by atoms with Crippen molar-refractivity contribution >= 4 is 35.0 Å². The number of carbonyl (C=O) groups excluding carboxylic acids is 1. The number of piperazine rings is 1. The van der Waals surface area contributed by atoms with Crippen LogP contribution in [-0.2, 0) is 4.79 Å². The van der Waals surface area contributed by atoms with Crippen molar-refractivity contribution in [3.63, 3.8) is 0 Å². The number of hydrogen-bond donors (Lipinski definition) is 1. The van der Waals surface area contributed by atoms with Crippen LogP contribution in [0.5, 0.6) is 0 Å². The molecule has 1 N–H and O–H groups in total. The van der Waals surface area contributed by atoms with E-state index in [1.807, 2.05) is 42.5 Å². The number of amides is 1. The fraction of sp³-hybridized carbons (Fsp3) is 0.250. The molecule has 2 aromatic rings. The molecule has 1 heterocycles. The molecule has 2 aromatic carbocycles. The van der Waals surface area contributed by atoms with Gasteiger partial charge in [0.25, 0.3) is 0 Å². The van der Waals surface area contributed by atoms with Gasteiger partial charge in [0, 0.05) is 37.3 Å². The number of hydrogen-bond acceptors (Lipinski definition) is 3. The third-order valence-electron chi connectivity index (χ3n) is 4.30. The largest absolute Gasteiger partial charge is 0.367 e. The van der Waals surface area contributed by atoms with Crippen LogP contribution in [0.3, 0.4) is 0 Å². The van der Waals surface area contributed by atoms with E-state index in [2.05, 4.69) is 28.2 Å². The fourth-order valence-corrected chi connectivity index (χ4v) is 2.95. The zero-order valence-corrected chi connectivity index (χ0v) is 15.0. The minimum absolute atomic E-state index is 0.142. The summed E-state index contributed by atoms with van der Waals surface area (Å²) in [5, 5.41) is 3.68. The first-order chi connectivity index (χ1) is 12.1. The zero-order chi connectivity index (χ0) is 17.6. The molecule has 0 saturated carbocycles. The molecule has 1 fully saturated rings. The van der Waals surface area contributed by atoms with E-state index in [1.165, 1.54) is 0 Å². The predicted octanol–water partition coefficient (Wildman–Crippen LogP) is 3.74. The third kappa shape index (κ3) is 4.84. The number of carbonyl (C=O) groups is 1. The molecule has 0 radical (unpaired) electrons. The molecule has 3 rings (SSSR count). The number of likely N-dealkylation sites (N-methyl/N-ethyl adjacent to an activating group) is 1. The van der Waals surface area contributed by atoms with E-state index in [0.29, 0.717) is 5.02 Å². The average molecular weight is 356 g/mol. The van der Waals surface area contributed by atoms with E-state index in [4.69, 9.17) is 11.6 Å². The van der Waals surface area contributed by atoms with E-state index in [1.54, 1.807) is 12.2 Å². The molecule has 0 aromatic heterocycles. The summed E-state index contributed by atoms with van der Waals surface area (Å²) in [4.78, 5) is 16.9. The molecule has 5 heteroatoms. The van der Waals surface area contributed by atoms with Gasteiger partial charge in [-0.3, -0.25) is 4.79 Å². The molecule has 1 amide bonds. The van der Waals surface area contributed by atoms with E-state index in [0.717, 1.165) is 43.1 Å². The van der Waals surface area contributed by atoms with Crippen LogP contribution < -0.4 is 10.2 Å². The quantitative estimate of drug-likeness (QED) is 0.848. The molecule has 0 spiro atoms. The second-order valence-corrected chi connectivity index (χ2v) is 6.62. The third-order valence-corrected chi connectivity index (χ3v) is 4.56. The normalized spacial score (nSPS) is 15.5. The van der Waals surface area contributed by atoms with Crippen molar-refractivity contribution in [2.24, 2.45) is 0 Å². The van der Waals surface area contributed by atoms with Crippen molar-refractivity contribution in [3.05, 3.63) is 65.2 Å². The van der Waals surface area contributed by atoms with E-state index in [9.17, 15) is 4.79 Å². The first-order valence-electron chi connectivity index (χ1n) is 8.39. The van der Waals surface area contributed by atoms with Crippen molar-refractivity contribution in [2.45, 2.75) is 0 Å². The highest BCUT2D eigenvalue weighted by Gasteiger charge is 2.17. The molecule has 130 valence electrons. The molecule has 0 aliphatic carbocycles. The van der Waals surface area contributed by atoms with E-state index < -0.39 is 0 Å². The fourth-order valence-electron chi connectivity index (χ4n) is 2.82. The zero-order valence-electron chi connectivity index (χ0n) is 14.3. The highest BCUT2D eigenvalue weighted by molar-refractivity contribution is 6.30. The highest BCUT2D eigenvalue weighted by atomic mass is 35.5. The lowest BCUT2D eigenvalue weighted by Crippen LogP contribution is -2.44. The number of rotatable bonds is 4. The second-order valence-electron chi connectivity index (χ2n) is 6.18. The number of nitrogens with zero attached hydrogens (tertiary/aromatic N) is 2. The van der Waals surface area contributed by atoms with Crippen LogP contribution in [0.15, 0.2) is 54.6 Å². The Morgan fingerprint density at radius 3 is 2.44 bits per heavy atom. The highest BCUT2D eigenvalue weighted by Crippen LogP contribution is 2.26. The van der Waals surface area contributed by atoms with Crippen molar-refractivity contribution in [1.82, 2.24) is 4.90 Å². The van der Waals surface area contributed by atoms with Gasteiger partial charge in [0.05, 0.1) is 11.4 Å². The van der Waals surface area contributed by atoms with Gasteiger partial charge in [-0.05, 0) is 43.0 Å². The monoisotopic (exact) mass is 355 g/mol. The summed E-state index contributed by atoms with van der Waals surface area (Å²) in [5.41, 5.74) is 2.86. The van der Waals surface area contributed by atoms with Crippen LogP contribution >= 0.6 is 11.6 Å². The molecule has 1 aliphatic rings. The van der Waals surface area contributed by atoms with Crippen LogP contribution in [0, 0.1) is 0 Å². The average Bonchev–Trinajstić information content (AvgIpc) is 2.63. The maximum Gasteiger partial charge on any atom is 0.248 e. The van der Waals surface area contributed by atoms with Crippen molar-refractivity contribution in [3.8, 4) is 0 Å². The van der Waals surface area contributed by atoms with Crippen LogP contribution in [0.2, 0.25) is 5.02 Å². The molecule has 0 atom stereocenters. The molecular weight excluding hydrogens is 334 g/mol. The van der Waals surface area contributed by atoms with E-state index >= 15 is 0 Å². The van der Waals surface area contributed by atoms with Gasteiger partial charge in [-0.2, -0.15) is 0 Å². The van der Waals surface area contributed by atoms with Crippen molar-refractivity contribution in [2.75, 3.05) is 43.4 Å². The topological polar surface area (TPSA) is 35.6 Å². The van der Waals surface area contributed by atoms with Gasteiger partial charge >= 0.3 is 0 Å². The van der Waals surface area contributed by atoms with Gasteiger partial charge in [-0.15, -0.1) is 0 Å². The molecule has 1 aliphatic heterocycles. The molecule has 25 heavy (non-hydrogen) atoms. The lowest BCUT2D eigenvalue weighted by molar-refractivity contribution is -0.111. The van der Waals surface area contributed by atoms with Crippen molar-refractivity contribution < 1.29 is 4.79 Å². The van der Waals surface area contributed by atoms with Crippen molar-refractivity contribution in [1.29, 1.82) is 0 Å². The Balaban J connectivity index is 1.68. The van der Waals surface area contributed by atoms with Gasteiger partial charge in [-0.1, -0.05) is 35.9 Å². The minimum Gasteiger partial charge on any atom is -0.367 e. The Morgan fingerprint density at radius 2 is 1.72 bits per heavy atom. The summed E-state index contributed by atoms with van der Waals surface area (Å²) in [5.74, 6) is -0.142. The molecule has 0 bridgehead atoms. The maximum atomic E-state index is 12.3. The number of benzene rings is 2. The summed E-state index contributed by atoms with van der Waals surface area (Å²) in [6, 6.07) is 15.3. The Bertz CT molecular complexity index is 750. The smallest absolute Gasteiger partial charge is 0.248 e.